The van der Waals surface area contributed by atoms with Crippen LogP contribution in [-0.4, -0.2) is 36.8 Å². The molecule has 0 heterocycles. The van der Waals surface area contributed by atoms with E-state index in [1.54, 1.807) is 44.4 Å². The molecule has 1 amide bonds. The van der Waals surface area contributed by atoms with Crippen LogP contribution in [0.15, 0.2) is 42.5 Å². The maximum Gasteiger partial charge on any atom is 0.253 e. The number of nitrogens with zero attached hydrogens (tertiary/aromatic N) is 1. The highest BCUT2D eigenvalue weighted by Gasteiger charge is 2.13. The van der Waals surface area contributed by atoms with Crippen LogP contribution in [0.2, 0.25) is 0 Å². The van der Waals surface area contributed by atoms with Crippen molar-refractivity contribution in [1.29, 1.82) is 0 Å². The fourth-order valence-electron chi connectivity index (χ4n) is 3.47. The van der Waals surface area contributed by atoms with Gasteiger partial charge in [-0.25, -0.2) is 0 Å². The van der Waals surface area contributed by atoms with Crippen LogP contribution < -0.4 is 4.74 Å². The Labute approximate surface area is 186 Å². The van der Waals surface area contributed by atoms with Crippen molar-refractivity contribution >= 4 is 17.8 Å². The summed E-state index contributed by atoms with van der Waals surface area (Å²) in [7, 11) is 3.42. The first kappa shape index (κ1) is 24.4. The molecule has 2 rings (SSSR count). The molecule has 0 unspecified atom stereocenters. The van der Waals surface area contributed by atoms with Crippen LogP contribution in [-0.2, 0) is 12.8 Å². The predicted molar refractivity (Wildman–Crippen MR) is 128 cm³/mol. The number of ether oxygens (including phenoxy) is 1. The molecule has 0 aromatic heterocycles. The first-order valence-corrected chi connectivity index (χ1v) is 11.1. The standard InChI is InChI=1S/C27H35NO3/c1-7-9-20-17-23(10-8-2)26(31-19(3)4)24(18-20)15-16-25(29)21-11-13-22(14-12-21)27(30)28(5)6/h11-19H,7-10H2,1-6H3/b16-15+. The van der Waals surface area contributed by atoms with Gasteiger partial charge in [-0.3, -0.25) is 9.59 Å². The zero-order chi connectivity index (χ0) is 23.0. The summed E-state index contributed by atoms with van der Waals surface area (Å²) in [5.41, 5.74) is 4.52. The first-order chi connectivity index (χ1) is 14.8. The lowest BCUT2D eigenvalue weighted by atomic mass is 9.97. The molecule has 0 saturated carbocycles. The van der Waals surface area contributed by atoms with Crippen LogP contribution in [0, 0.1) is 0 Å². The molecule has 0 radical (unpaired) electrons. The maximum absolute atomic E-state index is 12.8. The van der Waals surface area contributed by atoms with Gasteiger partial charge in [-0.15, -0.1) is 0 Å². The highest BCUT2D eigenvalue weighted by molar-refractivity contribution is 6.07. The van der Waals surface area contributed by atoms with Gasteiger partial charge < -0.3 is 9.64 Å². The summed E-state index contributed by atoms with van der Waals surface area (Å²) in [5.74, 6) is 0.686. The second-order valence-corrected chi connectivity index (χ2v) is 8.31. The molecule has 2 aromatic carbocycles. The molecule has 0 aliphatic rings. The van der Waals surface area contributed by atoms with E-state index < -0.39 is 0 Å². The molecule has 0 fully saturated rings. The molecule has 4 nitrogen and oxygen atoms in total. The topological polar surface area (TPSA) is 46.6 Å². The van der Waals surface area contributed by atoms with Crippen LogP contribution in [0.4, 0.5) is 0 Å². The van der Waals surface area contributed by atoms with Crippen molar-refractivity contribution in [2.24, 2.45) is 0 Å². The minimum Gasteiger partial charge on any atom is -0.490 e. The maximum atomic E-state index is 12.8. The average molecular weight is 422 g/mol. The van der Waals surface area contributed by atoms with Gasteiger partial charge in [0.15, 0.2) is 5.78 Å². The molecule has 166 valence electrons. The van der Waals surface area contributed by atoms with Crippen LogP contribution in [0.1, 0.15) is 77.9 Å². The summed E-state index contributed by atoms with van der Waals surface area (Å²) < 4.78 is 6.16. The molecule has 0 spiro atoms. The number of allylic oxidation sites excluding steroid dienone is 1. The summed E-state index contributed by atoms with van der Waals surface area (Å²) in [6, 6.07) is 11.2. The molecule has 2 aromatic rings. The van der Waals surface area contributed by atoms with Crippen molar-refractivity contribution in [1.82, 2.24) is 4.90 Å². The Morgan fingerprint density at radius 1 is 0.968 bits per heavy atom. The van der Waals surface area contributed by atoms with Gasteiger partial charge in [0, 0.05) is 30.8 Å². The minimum absolute atomic E-state index is 0.0530. The first-order valence-electron chi connectivity index (χ1n) is 11.1. The largest absolute Gasteiger partial charge is 0.490 e. The summed E-state index contributed by atoms with van der Waals surface area (Å²) >= 11 is 0. The predicted octanol–water partition coefficient (Wildman–Crippen LogP) is 5.98. The summed E-state index contributed by atoms with van der Waals surface area (Å²) in [6.45, 7) is 8.37. The third-order valence-corrected chi connectivity index (χ3v) is 4.90. The van der Waals surface area contributed by atoms with Gasteiger partial charge in [-0.2, -0.15) is 0 Å². The van der Waals surface area contributed by atoms with Crippen molar-refractivity contribution in [3.8, 4) is 5.75 Å². The number of carbonyl (C=O) groups is 2. The van der Waals surface area contributed by atoms with E-state index in [1.807, 2.05) is 19.9 Å². The second-order valence-electron chi connectivity index (χ2n) is 8.31. The van der Waals surface area contributed by atoms with Gasteiger partial charge >= 0.3 is 0 Å². The van der Waals surface area contributed by atoms with Gasteiger partial charge in [-0.1, -0.05) is 44.9 Å². The van der Waals surface area contributed by atoms with Crippen LogP contribution >= 0.6 is 0 Å². The summed E-state index contributed by atoms with van der Waals surface area (Å²) in [5, 5.41) is 0. The Bertz CT molecular complexity index is 924. The highest BCUT2D eigenvalue weighted by atomic mass is 16.5. The third-order valence-electron chi connectivity index (χ3n) is 4.90. The smallest absolute Gasteiger partial charge is 0.253 e. The lowest BCUT2D eigenvalue weighted by Gasteiger charge is -2.18. The van der Waals surface area contributed by atoms with E-state index >= 15 is 0 Å². The molecular weight excluding hydrogens is 386 g/mol. The van der Waals surface area contributed by atoms with E-state index in [-0.39, 0.29) is 17.8 Å². The molecule has 31 heavy (non-hydrogen) atoms. The molecule has 4 heteroatoms. The molecular formula is C27H35NO3. The Balaban J connectivity index is 2.36. The van der Waals surface area contributed by atoms with Gasteiger partial charge in [0.1, 0.15) is 5.75 Å². The van der Waals surface area contributed by atoms with Crippen LogP contribution in [0.3, 0.4) is 0 Å². The number of benzene rings is 2. The van der Waals surface area contributed by atoms with E-state index in [1.165, 1.54) is 16.0 Å². The lowest BCUT2D eigenvalue weighted by molar-refractivity contribution is 0.0827. The highest BCUT2D eigenvalue weighted by Crippen LogP contribution is 2.30. The number of hydrogen-bond donors (Lipinski definition) is 0. The van der Waals surface area contributed by atoms with E-state index in [0.29, 0.717) is 11.1 Å². The number of carbonyl (C=O) groups excluding carboxylic acids is 2. The third kappa shape index (κ3) is 6.81. The van der Waals surface area contributed by atoms with E-state index in [9.17, 15) is 9.59 Å². The number of ketones is 1. The lowest BCUT2D eigenvalue weighted by Crippen LogP contribution is -2.21. The Morgan fingerprint density at radius 3 is 2.13 bits per heavy atom. The van der Waals surface area contributed by atoms with Gasteiger partial charge in [0.05, 0.1) is 6.10 Å². The van der Waals surface area contributed by atoms with Crippen LogP contribution in [0.25, 0.3) is 6.08 Å². The molecule has 0 aliphatic heterocycles. The molecule has 0 atom stereocenters. The second kappa shape index (κ2) is 11.5. The Kier molecular flexibility index (Phi) is 9.04. The van der Waals surface area contributed by atoms with E-state index in [2.05, 4.69) is 26.0 Å². The van der Waals surface area contributed by atoms with E-state index in [4.69, 9.17) is 4.74 Å². The SMILES string of the molecule is CCCc1cc(/C=C/C(=O)c2ccc(C(=O)N(C)C)cc2)c(OC(C)C)c(CCC)c1. The monoisotopic (exact) mass is 421 g/mol. The van der Waals surface area contributed by atoms with E-state index in [0.717, 1.165) is 37.0 Å². The summed E-state index contributed by atoms with van der Waals surface area (Å²) in [6.07, 6.45) is 7.54. The normalized spacial score (nSPS) is 11.2. The molecule has 0 saturated heterocycles. The van der Waals surface area contributed by atoms with Crippen molar-refractivity contribution < 1.29 is 14.3 Å². The number of hydrogen-bond acceptors (Lipinski definition) is 3. The van der Waals surface area contributed by atoms with Gasteiger partial charge in [-0.05, 0) is 68.2 Å². The number of rotatable bonds is 10. The fourth-order valence-corrected chi connectivity index (χ4v) is 3.47. The number of aryl methyl sites for hydroxylation is 2. The Hall–Kier alpha value is -2.88. The number of amides is 1. The molecule has 0 N–H and O–H groups in total. The van der Waals surface area contributed by atoms with Gasteiger partial charge in [0.2, 0.25) is 0 Å². The zero-order valence-electron chi connectivity index (χ0n) is 19.7. The van der Waals surface area contributed by atoms with Crippen molar-refractivity contribution in [3.05, 3.63) is 70.3 Å². The zero-order valence-corrected chi connectivity index (χ0v) is 19.7. The fraction of sp³-hybridized carbons (Fsp3) is 0.407. The average Bonchev–Trinajstić information content (AvgIpc) is 2.73. The quantitative estimate of drug-likeness (QED) is 0.350. The van der Waals surface area contributed by atoms with Gasteiger partial charge in [0.25, 0.3) is 5.91 Å². The minimum atomic E-state index is -0.0997. The van der Waals surface area contributed by atoms with Crippen LogP contribution in [0.5, 0.6) is 5.75 Å². The molecule has 0 aliphatic carbocycles. The summed E-state index contributed by atoms with van der Waals surface area (Å²) in [4.78, 5) is 26.3. The Morgan fingerprint density at radius 2 is 1.58 bits per heavy atom. The van der Waals surface area contributed by atoms with Crippen molar-refractivity contribution in [2.75, 3.05) is 14.1 Å². The molecule has 0 bridgehead atoms. The van der Waals surface area contributed by atoms with Crippen molar-refractivity contribution in [3.63, 3.8) is 0 Å². The van der Waals surface area contributed by atoms with Crippen molar-refractivity contribution in [2.45, 2.75) is 59.5 Å².